The van der Waals surface area contributed by atoms with Gasteiger partial charge in [0.1, 0.15) is 5.82 Å². The molecule has 0 spiro atoms. The van der Waals surface area contributed by atoms with Gasteiger partial charge in [0.2, 0.25) is 5.91 Å². The SMILES string of the molecule is C=C(N=C/C(CC)=C(\C)CCNC1CCN(C(=O)C(CCC)CCNc2cc(C)c(NN)cc2C)CC1)Nc1cc(C)cc(C)c1. The van der Waals surface area contributed by atoms with Crippen LogP contribution in [0.3, 0.4) is 0 Å². The number of nitrogens with one attached hydrogen (secondary N) is 4. The number of likely N-dealkylation sites (tertiary alicyclic amines) is 1. The predicted molar refractivity (Wildman–Crippen MR) is 198 cm³/mol. The van der Waals surface area contributed by atoms with Crippen molar-refractivity contribution in [1.82, 2.24) is 10.2 Å². The number of nitrogens with two attached hydrogens (primary N) is 1. The van der Waals surface area contributed by atoms with Gasteiger partial charge in [0.15, 0.2) is 0 Å². The molecule has 8 nitrogen and oxygen atoms in total. The average Bonchev–Trinajstić information content (AvgIpc) is 3.01. The lowest BCUT2D eigenvalue weighted by Gasteiger charge is -2.35. The highest BCUT2D eigenvalue weighted by molar-refractivity contribution is 5.80. The standard InChI is InChI=1S/C38H59N7O/c1-9-11-33(13-17-41-36-23-30(7)37(44-39)24-29(36)6)38(46)45-18-14-34(15-19-45)40-16-12-28(5)32(10-2)25-42-31(8)43-35-21-26(3)20-27(4)22-35/h20-25,33-34,40-41,43-44H,8-19,39H2,1-7H3/b32-28+,42-25?. The van der Waals surface area contributed by atoms with Crippen LogP contribution < -0.4 is 27.2 Å². The van der Waals surface area contributed by atoms with Crippen molar-refractivity contribution in [3.05, 3.63) is 76.1 Å². The number of nitrogens with zero attached hydrogens (tertiary/aromatic N) is 2. The molecule has 3 rings (SSSR count). The Hall–Kier alpha value is -3.62. The molecule has 1 aliphatic heterocycles. The number of nitrogen functional groups attached to an aromatic ring is 1. The molecule has 1 saturated heterocycles. The molecule has 1 heterocycles. The van der Waals surface area contributed by atoms with Crippen LogP contribution in [0.15, 0.2) is 58.9 Å². The fourth-order valence-corrected chi connectivity index (χ4v) is 6.37. The molecule has 0 aromatic heterocycles. The number of aliphatic imine (C=N–C) groups is 1. The van der Waals surface area contributed by atoms with Gasteiger partial charge in [-0.25, -0.2) is 4.99 Å². The van der Waals surface area contributed by atoms with Gasteiger partial charge in [0, 0.05) is 49.2 Å². The van der Waals surface area contributed by atoms with Crippen molar-refractivity contribution in [3.63, 3.8) is 0 Å². The third kappa shape index (κ3) is 11.3. The first kappa shape index (κ1) is 36.8. The molecule has 2 aromatic carbocycles. The van der Waals surface area contributed by atoms with Gasteiger partial charge in [-0.2, -0.15) is 0 Å². The van der Waals surface area contributed by atoms with Crippen molar-refractivity contribution < 1.29 is 4.79 Å². The summed E-state index contributed by atoms with van der Waals surface area (Å²) in [5, 5.41) is 10.6. The summed E-state index contributed by atoms with van der Waals surface area (Å²) in [6, 6.07) is 11.0. The van der Waals surface area contributed by atoms with Crippen molar-refractivity contribution >= 4 is 29.2 Å². The maximum absolute atomic E-state index is 13.5. The number of amides is 1. The van der Waals surface area contributed by atoms with E-state index in [2.05, 4.69) is 110 Å². The Labute approximate surface area is 278 Å². The van der Waals surface area contributed by atoms with E-state index in [4.69, 9.17) is 5.84 Å². The fraction of sp³-hybridized carbons (Fsp3) is 0.526. The molecule has 1 aliphatic rings. The summed E-state index contributed by atoms with van der Waals surface area (Å²) in [6.07, 6.45) is 8.63. The van der Waals surface area contributed by atoms with Crippen molar-refractivity contribution in [2.45, 2.75) is 99.5 Å². The van der Waals surface area contributed by atoms with Crippen LogP contribution in [-0.4, -0.2) is 49.2 Å². The second kappa shape index (κ2) is 18.5. The summed E-state index contributed by atoms with van der Waals surface area (Å²) in [5.74, 6) is 6.64. The van der Waals surface area contributed by atoms with Crippen molar-refractivity contribution in [1.29, 1.82) is 0 Å². The molecule has 2 aromatic rings. The van der Waals surface area contributed by atoms with E-state index in [0.29, 0.717) is 17.8 Å². The Kier molecular flexibility index (Phi) is 14.8. The third-order valence-electron chi connectivity index (χ3n) is 9.08. The number of hydrogen-bond donors (Lipinski definition) is 5. The highest BCUT2D eigenvalue weighted by Gasteiger charge is 2.27. The second-order valence-corrected chi connectivity index (χ2v) is 13.0. The highest BCUT2D eigenvalue weighted by Crippen LogP contribution is 2.25. The Bertz CT molecular complexity index is 1350. The molecule has 1 fully saturated rings. The van der Waals surface area contributed by atoms with Crippen LogP contribution in [0.1, 0.15) is 88.0 Å². The maximum Gasteiger partial charge on any atom is 0.225 e. The van der Waals surface area contributed by atoms with Crippen LogP contribution >= 0.6 is 0 Å². The number of piperidine rings is 1. The van der Waals surface area contributed by atoms with E-state index < -0.39 is 0 Å². The van der Waals surface area contributed by atoms with E-state index in [1.807, 2.05) is 13.1 Å². The van der Waals surface area contributed by atoms with Crippen LogP contribution in [0.5, 0.6) is 0 Å². The monoisotopic (exact) mass is 629 g/mol. The molecule has 6 N–H and O–H groups in total. The molecule has 252 valence electrons. The largest absolute Gasteiger partial charge is 0.385 e. The molecule has 0 bridgehead atoms. The molecule has 1 unspecified atom stereocenters. The predicted octanol–water partition coefficient (Wildman–Crippen LogP) is 7.78. The smallest absolute Gasteiger partial charge is 0.225 e. The van der Waals surface area contributed by atoms with Crippen LogP contribution in [0, 0.1) is 33.6 Å². The Morgan fingerprint density at radius 1 is 1.00 bits per heavy atom. The fourth-order valence-electron chi connectivity index (χ4n) is 6.37. The van der Waals surface area contributed by atoms with Crippen molar-refractivity contribution in [3.8, 4) is 0 Å². The van der Waals surface area contributed by atoms with E-state index >= 15 is 0 Å². The topological polar surface area (TPSA) is 107 Å². The molecule has 1 atom stereocenters. The lowest BCUT2D eigenvalue weighted by atomic mass is 9.95. The quantitative estimate of drug-likeness (QED) is 0.0695. The number of carbonyl (C=O) groups excluding carboxylic acids is 1. The van der Waals surface area contributed by atoms with Gasteiger partial charge in [-0.05, 0) is 132 Å². The van der Waals surface area contributed by atoms with E-state index in [-0.39, 0.29) is 5.92 Å². The lowest BCUT2D eigenvalue weighted by Crippen LogP contribution is -2.47. The van der Waals surface area contributed by atoms with Gasteiger partial charge in [-0.3, -0.25) is 10.6 Å². The first-order chi connectivity index (χ1) is 22.0. The summed E-state index contributed by atoms with van der Waals surface area (Å²) < 4.78 is 0. The second-order valence-electron chi connectivity index (χ2n) is 13.0. The first-order valence-electron chi connectivity index (χ1n) is 17.1. The van der Waals surface area contributed by atoms with Gasteiger partial charge in [-0.15, -0.1) is 0 Å². The minimum Gasteiger partial charge on any atom is -0.385 e. The minimum absolute atomic E-state index is 0.0579. The molecular weight excluding hydrogens is 570 g/mol. The zero-order chi connectivity index (χ0) is 33.6. The van der Waals surface area contributed by atoms with Gasteiger partial charge in [0.25, 0.3) is 0 Å². The highest BCUT2D eigenvalue weighted by atomic mass is 16.2. The van der Waals surface area contributed by atoms with Crippen LogP contribution in [0.25, 0.3) is 0 Å². The summed E-state index contributed by atoms with van der Waals surface area (Å²) in [6.45, 7) is 22.3. The van der Waals surface area contributed by atoms with Crippen LogP contribution in [0.4, 0.5) is 17.1 Å². The van der Waals surface area contributed by atoms with E-state index in [0.717, 1.165) is 99.3 Å². The maximum atomic E-state index is 13.5. The van der Waals surface area contributed by atoms with Gasteiger partial charge >= 0.3 is 0 Å². The van der Waals surface area contributed by atoms with Gasteiger partial charge < -0.3 is 26.3 Å². The Morgan fingerprint density at radius 3 is 2.28 bits per heavy atom. The molecule has 0 saturated carbocycles. The molecule has 1 amide bonds. The normalized spacial score (nSPS) is 15.1. The van der Waals surface area contributed by atoms with Crippen molar-refractivity contribution in [2.75, 3.05) is 42.2 Å². The third-order valence-corrected chi connectivity index (χ3v) is 9.08. The molecule has 0 aliphatic carbocycles. The van der Waals surface area contributed by atoms with E-state index in [9.17, 15) is 4.79 Å². The van der Waals surface area contributed by atoms with E-state index in [1.54, 1.807) is 0 Å². The summed E-state index contributed by atoms with van der Waals surface area (Å²) in [5.41, 5.74) is 13.1. The Morgan fingerprint density at radius 2 is 1.65 bits per heavy atom. The molecule has 0 radical (unpaired) electrons. The van der Waals surface area contributed by atoms with Crippen LogP contribution in [0.2, 0.25) is 0 Å². The summed E-state index contributed by atoms with van der Waals surface area (Å²) >= 11 is 0. The van der Waals surface area contributed by atoms with Crippen molar-refractivity contribution in [2.24, 2.45) is 16.8 Å². The number of rotatable bonds is 17. The van der Waals surface area contributed by atoms with Crippen LogP contribution in [-0.2, 0) is 4.79 Å². The summed E-state index contributed by atoms with van der Waals surface area (Å²) in [7, 11) is 0. The summed E-state index contributed by atoms with van der Waals surface area (Å²) in [4.78, 5) is 20.2. The van der Waals surface area contributed by atoms with Gasteiger partial charge in [-0.1, -0.05) is 38.5 Å². The lowest BCUT2D eigenvalue weighted by molar-refractivity contribution is -0.137. The number of benzene rings is 2. The van der Waals surface area contributed by atoms with Gasteiger partial charge in [0.05, 0.1) is 5.69 Å². The molecule has 8 heteroatoms. The zero-order valence-electron chi connectivity index (χ0n) is 29.5. The molecule has 46 heavy (non-hydrogen) atoms. The average molecular weight is 630 g/mol. The number of allylic oxidation sites excluding steroid dienone is 1. The number of carbonyl (C=O) groups is 1. The number of anilines is 3. The Balaban J connectivity index is 1.43. The first-order valence-corrected chi connectivity index (χ1v) is 17.1. The minimum atomic E-state index is 0.0579. The molecular formula is C38H59N7O. The zero-order valence-corrected chi connectivity index (χ0v) is 29.5. The van der Waals surface area contributed by atoms with E-state index in [1.165, 1.54) is 22.3 Å². The number of hydrazine groups is 1. The number of aryl methyl sites for hydroxylation is 4. The number of hydrogen-bond acceptors (Lipinski definition) is 7.